The first-order valence-electron chi connectivity index (χ1n) is 9.36. The van der Waals surface area contributed by atoms with E-state index < -0.39 is 0 Å². The Bertz CT molecular complexity index is 1240. The lowest BCUT2D eigenvalue weighted by molar-refractivity contribution is 0.341. The van der Waals surface area contributed by atoms with Crippen LogP contribution >= 0.6 is 0 Å². The Labute approximate surface area is 162 Å². The maximum absolute atomic E-state index is 13.1. The number of rotatable bonds is 1. The summed E-state index contributed by atoms with van der Waals surface area (Å²) in [7, 11) is 3.20. The predicted octanol–water partition coefficient (Wildman–Crippen LogP) is 2.12. The van der Waals surface area contributed by atoms with Crippen molar-refractivity contribution in [1.82, 2.24) is 14.0 Å². The highest BCUT2D eigenvalue weighted by Crippen LogP contribution is 2.39. The summed E-state index contributed by atoms with van der Waals surface area (Å²) < 4.78 is 2.65. The van der Waals surface area contributed by atoms with E-state index in [-0.39, 0.29) is 17.3 Å². The number of fused-ring (bicyclic) bond motifs is 4. The number of hydrogen-bond acceptors (Lipinski definition) is 4. The second kappa shape index (κ2) is 6.05. The van der Waals surface area contributed by atoms with Gasteiger partial charge in [-0.15, -0.1) is 0 Å². The van der Waals surface area contributed by atoms with Gasteiger partial charge < -0.3 is 4.90 Å². The third-order valence-corrected chi connectivity index (χ3v) is 5.73. The zero-order valence-corrected chi connectivity index (χ0v) is 15.8. The van der Waals surface area contributed by atoms with Crippen LogP contribution in [0.1, 0.15) is 28.3 Å². The van der Waals surface area contributed by atoms with Crippen molar-refractivity contribution in [2.45, 2.75) is 12.5 Å². The first-order valence-corrected chi connectivity index (χ1v) is 9.36. The number of aliphatic imine (C=N–C) groups is 1. The van der Waals surface area contributed by atoms with Gasteiger partial charge in [-0.2, -0.15) is 0 Å². The second-order valence-electron chi connectivity index (χ2n) is 7.29. The zero-order chi connectivity index (χ0) is 19.4. The van der Waals surface area contributed by atoms with Crippen molar-refractivity contribution in [2.24, 2.45) is 19.1 Å². The quantitative estimate of drug-likeness (QED) is 0.657. The van der Waals surface area contributed by atoms with Crippen LogP contribution in [0.4, 0.5) is 5.82 Å². The van der Waals surface area contributed by atoms with Crippen molar-refractivity contribution in [3.05, 3.63) is 97.7 Å². The van der Waals surface area contributed by atoms with Crippen LogP contribution in [0.2, 0.25) is 0 Å². The van der Waals surface area contributed by atoms with Crippen LogP contribution in [0.25, 0.3) is 0 Å². The Kier molecular flexibility index (Phi) is 3.62. The summed E-state index contributed by atoms with van der Waals surface area (Å²) in [6.45, 7) is 0.765. The summed E-state index contributed by atoms with van der Waals surface area (Å²) in [5.74, 6) is 1.27. The number of amidine groups is 1. The topological polar surface area (TPSA) is 59.6 Å². The van der Waals surface area contributed by atoms with Gasteiger partial charge in [-0.1, -0.05) is 54.6 Å². The Morgan fingerprint density at radius 1 is 0.929 bits per heavy atom. The molecule has 0 radical (unpaired) electrons. The third kappa shape index (κ3) is 2.24. The summed E-state index contributed by atoms with van der Waals surface area (Å²) in [5, 5.41) is 0. The molecule has 0 unspecified atom stereocenters. The van der Waals surface area contributed by atoms with E-state index in [0.717, 1.165) is 29.9 Å². The maximum Gasteiger partial charge on any atom is 0.332 e. The van der Waals surface area contributed by atoms with Crippen molar-refractivity contribution in [2.75, 3.05) is 6.54 Å². The van der Waals surface area contributed by atoms with Gasteiger partial charge in [0.05, 0.1) is 11.6 Å². The van der Waals surface area contributed by atoms with Gasteiger partial charge in [-0.05, 0) is 17.5 Å². The lowest BCUT2D eigenvalue weighted by atomic mass is 9.90. The van der Waals surface area contributed by atoms with Crippen LogP contribution in [-0.2, 0) is 20.5 Å². The average molecular weight is 372 g/mol. The molecule has 0 aliphatic carbocycles. The van der Waals surface area contributed by atoms with Gasteiger partial charge in [0.1, 0.15) is 11.7 Å². The highest BCUT2D eigenvalue weighted by atomic mass is 16.2. The molecule has 5 rings (SSSR count). The first kappa shape index (κ1) is 16.7. The number of hydrogen-bond donors (Lipinski definition) is 0. The maximum atomic E-state index is 13.1. The van der Waals surface area contributed by atoms with Crippen molar-refractivity contribution < 1.29 is 0 Å². The summed E-state index contributed by atoms with van der Waals surface area (Å²) in [5.41, 5.74) is 3.23. The lowest BCUT2D eigenvalue weighted by Gasteiger charge is -2.41. The van der Waals surface area contributed by atoms with E-state index in [2.05, 4.69) is 17.0 Å². The molecular formula is C22H20N4O2. The van der Waals surface area contributed by atoms with E-state index in [1.165, 1.54) is 21.7 Å². The molecule has 0 spiro atoms. The average Bonchev–Trinajstić information content (AvgIpc) is 2.75. The van der Waals surface area contributed by atoms with Gasteiger partial charge in [0.25, 0.3) is 5.56 Å². The normalized spacial score (nSPS) is 17.4. The molecule has 0 N–H and O–H groups in total. The van der Waals surface area contributed by atoms with Gasteiger partial charge in [0.2, 0.25) is 0 Å². The molecule has 0 fully saturated rings. The molecule has 3 aromatic rings. The summed E-state index contributed by atoms with van der Waals surface area (Å²) in [6, 6.07) is 17.9. The van der Waals surface area contributed by atoms with Gasteiger partial charge in [0, 0.05) is 26.2 Å². The molecule has 28 heavy (non-hydrogen) atoms. The van der Waals surface area contributed by atoms with Crippen LogP contribution in [-0.4, -0.2) is 26.4 Å². The fourth-order valence-corrected chi connectivity index (χ4v) is 4.31. The van der Waals surface area contributed by atoms with Crippen LogP contribution in [0, 0.1) is 0 Å². The molecule has 1 aromatic heterocycles. The van der Waals surface area contributed by atoms with Crippen molar-refractivity contribution >= 4 is 11.7 Å². The summed E-state index contributed by atoms with van der Waals surface area (Å²) in [6.07, 6.45) is 0.889. The highest BCUT2D eigenvalue weighted by Gasteiger charge is 2.38. The molecule has 1 atom stereocenters. The summed E-state index contributed by atoms with van der Waals surface area (Å²) in [4.78, 5) is 32.7. The third-order valence-electron chi connectivity index (χ3n) is 5.73. The first-order chi connectivity index (χ1) is 13.6. The molecule has 2 aromatic carbocycles. The molecule has 0 saturated heterocycles. The van der Waals surface area contributed by atoms with Gasteiger partial charge in [-0.3, -0.25) is 13.9 Å². The Hall–Kier alpha value is -3.41. The van der Waals surface area contributed by atoms with Gasteiger partial charge >= 0.3 is 5.69 Å². The van der Waals surface area contributed by atoms with Crippen LogP contribution in [0.3, 0.4) is 0 Å². The molecule has 2 aliphatic heterocycles. The lowest BCUT2D eigenvalue weighted by Crippen LogP contribution is -2.48. The van der Waals surface area contributed by atoms with Crippen molar-refractivity contribution in [3.8, 4) is 0 Å². The number of aromatic nitrogens is 2. The van der Waals surface area contributed by atoms with E-state index in [4.69, 9.17) is 4.99 Å². The Morgan fingerprint density at radius 2 is 1.64 bits per heavy atom. The van der Waals surface area contributed by atoms with Crippen LogP contribution < -0.4 is 11.2 Å². The molecule has 6 heteroatoms. The molecule has 0 bridgehead atoms. The predicted molar refractivity (Wildman–Crippen MR) is 108 cm³/mol. The molecule has 3 heterocycles. The highest BCUT2D eigenvalue weighted by molar-refractivity contribution is 6.03. The van der Waals surface area contributed by atoms with E-state index in [9.17, 15) is 9.59 Å². The van der Waals surface area contributed by atoms with Gasteiger partial charge in [-0.25, -0.2) is 9.79 Å². The van der Waals surface area contributed by atoms with Crippen LogP contribution in [0.5, 0.6) is 0 Å². The van der Waals surface area contributed by atoms with Crippen molar-refractivity contribution in [3.63, 3.8) is 0 Å². The number of nitrogens with zero attached hydrogens (tertiary/aromatic N) is 4. The minimum atomic E-state index is -0.363. The van der Waals surface area contributed by atoms with Crippen molar-refractivity contribution in [1.29, 1.82) is 0 Å². The smallest absolute Gasteiger partial charge is 0.332 e. The van der Waals surface area contributed by atoms with Gasteiger partial charge in [0.15, 0.2) is 0 Å². The van der Waals surface area contributed by atoms with E-state index in [1.807, 2.05) is 42.5 Å². The zero-order valence-electron chi connectivity index (χ0n) is 15.8. The fourth-order valence-electron chi connectivity index (χ4n) is 4.31. The van der Waals surface area contributed by atoms with E-state index in [0.29, 0.717) is 11.4 Å². The summed E-state index contributed by atoms with van der Waals surface area (Å²) >= 11 is 0. The fraction of sp³-hybridized carbons (Fsp3) is 0.227. The van der Waals surface area contributed by atoms with Crippen LogP contribution in [0.15, 0.2) is 69.2 Å². The SMILES string of the molecule is Cn1c2c(c(=O)n(C)c1=O)[C@H](c1ccccc1)N1CCc3ccccc3C1=N2. The Balaban J connectivity index is 1.88. The minimum absolute atomic E-state index is 0.275. The molecular weight excluding hydrogens is 352 g/mol. The molecule has 140 valence electrons. The standard InChI is InChI=1S/C22H20N4O2/c1-24-20-17(21(27)25(2)22(24)28)18(15-9-4-3-5-10-15)26-13-12-14-8-6-7-11-16(14)19(26)23-20/h3-11,18H,12-13H2,1-2H3/t18-/m0/s1. The Morgan fingerprint density at radius 3 is 2.43 bits per heavy atom. The monoisotopic (exact) mass is 372 g/mol. The van der Waals surface area contributed by atoms with E-state index >= 15 is 0 Å². The van der Waals surface area contributed by atoms with E-state index in [1.54, 1.807) is 7.05 Å². The molecule has 2 aliphatic rings. The molecule has 0 saturated carbocycles. The second-order valence-corrected chi connectivity index (χ2v) is 7.29. The molecule has 6 nitrogen and oxygen atoms in total. The molecule has 0 amide bonds. The largest absolute Gasteiger partial charge is 0.344 e. The minimum Gasteiger partial charge on any atom is -0.344 e. The number of benzene rings is 2.